The Morgan fingerprint density at radius 1 is 1.15 bits per heavy atom. The van der Waals surface area contributed by atoms with E-state index in [4.69, 9.17) is 4.74 Å². The molecule has 1 aliphatic heterocycles. The van der Waals surface area contributed by atoms with Gasteiger partial charge in [0.1, 0.15) is 5.75 Å². The summed E-state index contributed by atoms with van der Waals surface area (Å²) in [7, 11) is 1.60. The third-order valence-corrected chi connectivity index (χ3v) is 5.20. The molecule has 3 rings (SSSR count). The monoisotopic (exact) mass is 360 g/mol. The predicted molar refractivity (Wildman–Crippen MR) is 102 cm³/mol. The fourth-order valence-corrected chi connectivity index (χ4v) is 3.67. The van der Waals surface area contributed by atoms with Crippen molar-refractivity contribution in [1.29, 1.82) is 0 Å². The lowest BCUT2D eigenvalue weighted by atomic mass is 9.96. The molecule has 0 aromatic heterocycles. The van der Waals surface area contributed by atoms with Crippen LogP contribution in [-0.2, 0) is 4.79 Å². The van der Waals surface area contributed by atoms with Gasteiger partial charge in [-0.15, -0.1) is 0 Å². The predicted octanol–water partition coefficient (Wildman–Crippen LogP) is 2.43. The average Bonchev–Trinajstić information content (AvgIpc) is 2.68. The molecule has 2 fully saturated rings. The van der Waals surface area contributed by atoms with Gasteiger partial charge in [0.05, 0.1) is 12.8 Å². The topological polar surface area (TPSA) is 73.9 Å². The molecule has 2 aliphatic rings. The minimum absolute atomic E-state index is 0.182. The number of piperazine rings is 1. The number of methoxy groups -OCH3 is 1. The number of amides is 3. The smallest absolute Gasteiger partial charge is 0.319 e. The first-order valence-corrected chi connectivity index (χ1v) is 9.39. The van der Waals surface area contributed by atoms with Gasteiger partial charge in [-0.05, 0) is 31.0 Å². The number of rotatable bonds is 5. The van der Waals surface area contributed by atoms with E-state index in [0.717, 1.165) is 38.0 Å². The van der Waals surface area contributed by atoms with Crippen molar-refractivity contribution in [1.82, 2.24) is 10.2 Å². The number of carbonyl (C=O) groups excluding carboxylic acids is 2. The largest absolute Gasteiger partial charge is 0.495 e. The molecule has 1 aliphatic carbocycles. The summed E-state index contributed by atoms with van der Waals surface area (Å²) in [5.74, 6) is 0.638. The van der Waals surface area contributed by atoms with Crippen LogP contribution in [0.1, 0.15) is 32.1 Å². The van der Waals surface area contributed by atoms with Crippen LogP contribution in [0.4, 0.5) is 16.2 Å². The molecule has 1 aromatic carbocycles. The second kappa shape index (κ2) is 8.78. The maximum absolute atomic E-state index is 12.4. The van der Waals surface area contributed by atoms with E-state index in [1.54, 1.807) is 12.0 Å². The molecule has 7 nitrogen and oxygen atoms in total. The Labute approximate surface area is 154 Å². The van der Waals surface area contributed by atoms with Crippen molar-refractivity contribution < 1.29 is 14.3 Å². The van der Waals surface area contributed by atoms with Crippen LogP contribution in [0.15, 0.2) is 18.2 Å². The van der Waals surface area contributed by atoms with Gasteiger partial charge in [0.25, 0.3) is 0 Å². The maximum atomic E-state index is 12.4. The van der Waals surface area contributed by atoms with Crippen molar-refractivity contribution in [2.75, 3.05) is 43.5 Å². The molecule has 1 saturated carbocycles. The number of hydrogen-bond donors (Lipinski definition) is 2. The number of nitrogens with one attached hydrogen (secondary N) is 2. The molecule has 26 heavy (non-hydrogen) atoms. The minimum atomic E-state index is -0.182. The lowest BCUT2D eigenvalue weighted by molar-refractivity contribution is -0.118. The summed E-state index contributed by atoms with van der Waals surface area (Å²) in [6.07, 6.45) is 6.60. The fourth-order valence-electron chi connectivity index (χ4n) is 3.67. The van der Waals surface area contributed by atoms with Gasteiger partial charge in [0, 0.05) is 37.9 Å². The van der Waals surface area contributed by atoms with Gasteiger partial charge in [0.15, 0.2) is 0 Å². The molecule has 142 valence electrons. The molecular formula is C19H28N4O3. The van der Waals surface area contributed by atoms with E-state index in [1.165, 1.54) is 19.3 Å². The Balaban J connectivity index is 1.65. The first kappa shape index (κ1) is 18.4. The van der Waals surface area contributed by atoms with Crippen molar-refractivity contribution in [3.05, 3.63) is 18.2 Å². The summed E-state index contributed by atoms with van der Waals surface area (Å²) in [5, 5.41) is 6.01. The van der Waals surface area contributed by atoms with Gasteiger partial charge in [-0.25, -0.2) is 4.79 Å². The number of nitrogens with zero attached hydrogens (tertiary/aromatic N) is 2. The average molecular weight is 360 g/mol. The summed E-state index contributed by atoms with van der Waals surface area (Å²) in [5.41, 5.74) is 1.68. The second-order valence-corrected chi connectivity index (χ2v) is 6.95. The molecule has 7 heteroatoms. The second-order valence-electron chi connectivity index (χ2n) is 6.95. The number of carbonyl (C=O) groups is 2. The first-order chi connectivity index (χ1) is 12.7. The highest BCUT2D eigenvalue weighted by molar-refractivity contribution is 5.92. The third-order valence-electron chi connectivity index (χ3n) is 5.20. The normalized spacial score (nSPS) is 18.3. The van der Waals surface area contributed by atoms with E-state index >= 15 is 0 Å². The Morgan fingerprint density at radius 3 is 2.54 bits per heavy atom. The van der Waals surface area contributed by atoms with E-state index in [0.29, 0.717) is 24.5 Å². The maximum Gasteiger partial charge on any atom is 0.319 e. The first-order valence-electron chi connectivity index (χ1n) is 9.39. The van der Waals surface area contributed by atoms with Gasteiger partial charge in [-0.1, -0.05) is 19.3 Å². The summed E-state index contributed by atoms with van der Waals surface area (Å²) < 4.78 is 5.40. The van der Waals surface area contributed by atoms with Crippen molar-refractivity contribution in [2.24, 2.45) is 0 Å². The standard InChI is InChI=1S/C19H28N4O3/c1-26-18-8-7-16(23-11-9-22(14-24)10-12-23)13-17(18)21-19(25)20-15-5-3-2-4-6-15/h7-8,13-15H,2-6,9-12H2,1H3,(H2,20,21,25). The zero-order chi connectivity index (χ0) is 18.4. The lowest BCUT2D eigenvalue weighted by Gasteiger charge is -2.34. The molecule has 0 atom stereocenters. The molecule has 1 heterocycles. The van der Waals surface area contributed by atoms with Crippen molar-refractivity contribution in [3.8, 4) is 5.75 Å². The number of ether oxygens (including phenoxy) is 1. The number of hydrogen-bond acceptors (Lipinski definition) is 4. The summed E-state index contributed by atoms with van der Waals surface area (Å²) in [6.45, 7) is 2.97. The Kier molecular flexibility index (Phi) is 6.20. The third kappa shape index (κ3) is 4.59. The van der Waals surface area contributed by atoms with Crippen LogP contribution in [0.5, 0.6) is 5.75 Å². The van der Waals surface area contributed by atoms with Gasteiger partial charge < -0.3 is 25.2 Å². The van der Waals surface area contributed by atoms with Crippen LogP contribution in [0.25, 0.3) is 0 Å². The summed E-state index contributed by atoms with van der Waals surface area (Å²) in [4.78, 5) is 27.2. The van der Waals surface area contributed by atoms with E-state index in [2.05, 4.69) is 15.5 Å². The molecule has 0 unspecified atom stereocenters. The lowest BCUT2D eigenvalue weighted by Crippen LogP contribution is -2.45. The van der Waals surface area contributed by atoms with Crippen molar-refractivity contribution in [2.45, 2.75) is 38.1 Å². The molecule has 3 amide bonds. The van der Waals surface area contributed by atoms with Crippen LogP contribution in [0.2, 0.25) is 0 Å². The van der Waals surface area contributed by atoms with Gasteiger partial charge in [0.2, 0.25) is 6.41 Å². The van der Waals surface area contributed by atoms with E-state index in [-0.39, 0.29) is 12.1 Å². The molecule has 2 N–H and O–H groups in total. The van der Waals surface area contributed by atoms with Crippen LogP contribution >= 0.6 is 0 Å². The van der Waals surface area contributed by atoms with Crippen LogP contribution in [0, 0.1) is 0 Å². The van der Waals surface area contributed by atoms with Crippen molar-refractivity contribution >= 4 is 23.8 Å². The van der Waals surface area contributed by atoms with Crippen LogP contribution in [0.3, 0.4) is 0 Å². The van der Waals surface area contributed by atoms with Crippen molar-refractivity contribution in [3.63, 3.8) is 0 Å². The Morgan fingerprint density at radius 2 is 1.88 bits per heavy atom. The minimum Gasteiger partial charge on any atom is -0.495 e. The fraction of sp³-hybridized carbons (Fsp3) is 0.579. The zero-order valence-electron chi connectivity index (χ0n) is 15.4. The number of benzene rings is 1. The van der Waals surface area contributed by atoms with Crippen LogP contribution < -0.4 is 20.3 Å². The highest BCUT2D eigenvalue weighted by Gasteiger charge is 2.19. The van der Waals surface area contributed by atoms with E-state index in [9.17, 15) is 9.59 Å². The summed E-state index contributed by atoms with van der Waals surface area (Å²) >= 11 is 0. The van der Waals surface area contributed by atoms with Gasteiger partial charge >= 0.3 is 6.03 Å². The molecule has 1 aromatic rings. The zero-order valence-corrected chi connectivity index (χ0v) is 15.4. The quantitative estimate of drug-likeness (QED) is 0.791. The Bertz CT molecular complexity index is 623. The Hall–Kier alpha value is -2.44. The van der Waals surface area contributed by atoms with Crippen LogP contribution in [-0.4, -0.2) is 56.7 Å². The van der Waals surface area contributed by atoms with Gasteiger partial charge in [-0.3, -0.25) is 4.79 Å². The highest BCUT2D eigenvalue weighted by Crippen LogP contribution is 2.30. The van der Waals surface area contributed by atoms with E-state index < -0.39 is 0 Å². The molecule has 0 radical (unpaired) electrons. The van der Waals surface area contributed by atoms with E-state index in [1.807, 2.05) is 18.2 Å². The molecule has 0 spiro atoms. The highest BCUT2D eigenvalue weighted by atomic mass is 16.5. The molecule has 1 saturated heterocycles. The molecular weight excluding hydrogens is 332 g/mol. The SMILES string of the molecule is COc1ccc(N2CCN(C=O)CC2)cc1NC(=O)NC1CCCCC1. The number of anilines is 2. The summed E-state index contributed by atoms with van der Waals surface area (Å²) in [6, 6.07) is 5.88. The van der Waals surface area contributed by atoms with Gasteiger partial charge in [-0.2, -0.15) is 0 Å². The molecule has 0 bridgehead atoms. The number of urea groups is 1.